The minimum atomic E-state index is -1.15. The molecule has 0 bridgehead atoms. The van der Waals surface area contributed by atoms with Crippen LogP contribution in [-0.4, -0.2) is 41.0 Å². The van der Waals surface area contributed by atoms with E-state index in [1.165, 1.54) is 4.90 Å². The number of hydrogen-bond donors (Lipinski definition) is 3. The molecule has 1 aromatic heterocycles. The number of amides is 2. The second kappa shape index (κ2) is 9.45. The van der Waals surface area contributed by atoms with Gasteiger partial charge < -0.3 is 20.3 Å². The minimum Gasteiger partial charge on any atom is -0.480 e. The Balaban J connectivity index is 1.57. The van der Waals surface area contributed by atoms with Crippen molar-refractivity contribution in [3.63, 3.8) is 0 Å². The molecule has 1 heterocycles. The molecule has 0 saturated carbocycles. The molecule has 3 N–H and O–H groups in total. The molecule has 0 fully saturated rings. The van der Waals surface area contributed by atoms with E-state index in [-0.39, 0.29) is 25.2 Å². The number of carbonyl (C=O) groups is 3. The maximum atomic E-state index is 12.3. The van der Waals surface area contributed by atoms with Gasteiger partial charge in [0.1, 0.15) is 6.04 Å². The summed E-state index contributed by atoms with van der Waals surface area (Å²) in [7, 11) is 1.64. The van der Waals surface area contributed by atoms with E-state index in [2.05, 4.69) is 10.3 Å². The van der Waals surface area contributed by atoms with E-state index in [9.17, 15) is 19.5 Å². The van der Waals surface area contributed by atoms with Gasteiger partial charge in [-0.1, -0.05) is 29.8 Å². The molecular weight excluding hydrogens is 406 g/mol. The van der Waals surface area contributed by atoms with Crippen molar-refractivity contribution >= 4 is 46.0 Å². The lowest BCUT2D eigenvalue weighted by molar-refractivity contribution is -0.141. The number of carbonyl (C=O) groups excluding carboxylic acids is 2. The van der Waals surface area contributed by atoms with Crippen molar-refractivity contribution in [3.05, 3.63) is 65.3 Å². The van der Waals surface area contributed by atoms with Crippen molar-refractivity contribution in [2.45, 2.75) is 25.3 Å². The number of benzene rings is 2. The fourth-order valence-corrected chi connectivity index (χ4v) is 3.32. The van der Waals surface area contributed by atoms with Gasteiger partial charge in [0, 0.05) is 53.6 Å². The molecule has 2 aromatic carbocycles. The molecule has 0 saturated heterocycles. The summed E-state index contributed by atoms with van der Waals surface area (Å²) < 4.78 is 0. The fourth-order valence-electron chi connectivity index (χ4n) is 3.14. The highest BCUT2D eigenvalue weighted by Crippen LogP contribution is 2.21. The molecule has 3 rings (SSSR count). The quantitative estimate of drug-likeness (QED) is 0.512. The molecule has 0 aliphatic carbocycles. The maximum Gasteiger partial charge on any atom is 0.326 e. The van der Waals surface area contributed by atoms with Crippen LogP contribution >= 0.6 is 11.6 Å². The van der Waals surface area contributed by atoms with Crippen LogP contribution < -0.4 is 10.2 Å². The van der Waals surface area contributed by atoms with E-state index in [0.29, 0.717) is 10.7 Å². The third-order valence-corrected chi connectivity index (χ3v) is 5.01. The molecule has 7 nitrogen and oxygen atoms in total. The van der Waals surface area contributed by atoms with Crippen molar-refractivity contribution < 1.29 is 19.5 Å². The number of nitrogens with zero attached hydrogens (tertiary/aromatic N) is 1. The Morgan fingerprint density at radius 3 is 2.53 bits per heavy atom. The van der Waals surface area contributed by atoms with E-state index >= 15 is 0 Å². The summed E-state index contributed by atoms with van der Waals surface area (Å²) >= 11 is 5.98. The number of para-hydroxylation sites is 1. The van der Waals surface area contributed by atoms with E-state index in [4.69, 9.17) is 11.6 Å². The molecule has 0 aliphatic rings. The van der Waals surface area contributed by atoms with Gasteiger partial charge in [0.15, 0.2) is 0 Å². The van der Waals surface area contributed by atoms with Crippen molar-refractivity contribution in [2.24, 2.45) is 0 Å². The molecule has 30 heavy (non-hydrogen) atoms. The van der Waals surface area contributed by atoms with Crippen LogP contribution in [0, 0.1) is 0 Å². The number of carboxylic acid groups (broad SMARTS) is 1. The van der Waals surface area contributed by atoms with Gasteiger partial charge in [-0.05, 0) is 36.4 Å². The lowest BCUT2D eigenvalue weighted by Gasteiger charge is -2.18. The Morgan fingerprint density at radius 2 is 1.83 bits per heavy atom. The maximum absolute atomic E-state index is 12.3. The molecule has 156 valence electrons. The molecule has 0 aliphatic heterocycles. The van der Waals surface area contributed by atoms with Crippen LogP contribution in [0.2, 0.25) is 5.02 Å². The highest BCUT2D eigenvalue weighted by molar-refractivity contribution is 6.31. The summed E-state index contributed by atoms with van der Waals surface area (Å²) in [6, 6.07) is 15.1. The number of anilines is 1. The predicted molar refractivity (Wildman–Crippen MR) is 116 cm³/mol. The van der Waals surface area contributed by atoms with Gasteiger partial charge in [-0.3, -0.25) is 9.59 Å². The summed E-state index contributed by atoms with van der Waals surface area (Å²) in [5, 5.41) is 13.4. The molecule has 3 aromatic rings. The minimum absolute atomic E-state index is 0.0194. The molecular formula is C22H22ClN3O4. The fraction of sp³-hybridized carbons (Fsp3) is 0.227. The summed E-state index contributed by atoms with van der Waals surface area (Å²) in [5.41, 5.74) is 2.23. The number of rotatable bonds is 8. The Kier molecular flexibility index (Phi) is 6.74. The first-order valence-corrected chi connectivity index (χ1v) is 9.82. The third kappa shape index (κ3) is 5.39. The normalized spacial score (nSPS) is 11.8. The van der Waals surface area contributed by atoms with Gasteiger partial charge in [-0.2, -0.15) is 0 Å². The summed E-state index contributed by atoms with van der Waals surface area (Å²) in [4.78, 5) is 40.8. The highest BCUT2D eigenvalue weighted by atomic mass is 35.5. The molecule has 0 radical (unpaired) electrons. The first kappa shape index (κ1) is 21.4. The standard InChI is InChI=1S/C22H22ClN3O4/c1-26(17-5-3-2-4-6-17)21(28)10-9-20(27)25-19(22(29)30)13-16-12-14-11-15(23)7-8-18(14)24-16/h2-8,11-12,19,24H,9-10,13H2,1H3,(H,25,27)(H,29,30)/t19-/m1/s1. The Hall–Kier alpha value is -3.32. The van der Waals surface area contributed by atoms with Crippen molar-refractivity contribution in [1.82, 2.24) is 10.3 Å². The number of carboxylic acids is 1. The van der Waals surface area contributed by atoms with Crippen LogP contribution in [0.15, 0.2) is 54.6 Å². The smallest absolute Gasteiger partial charge is 0.326 e. The van der Waals surface area contributed by atoms with Crippen LogP contribution in [0.4, 0.5) is 5.69 Å². The van der Waals surface area contributed by atoms with Crippen molar-refractivity contribution in [3.8, 4) is 0 Å². The summed E-state index contributed by atoms with van der Waals surface area (Å²) in [6.07, 6.45) is -0.0260. The Morgan fingerprint density at radius 1 is 1.10 bits per heavy atom. The lowest BCUT2D eigenvalue weighted by atomic mass is 10.1. The van der Waals surface area contributed by atoms with Gasteiger partial charge in [-0.25, -0.2) is 4.79 Å². The monoisotopic (exact) mass is 427 g/mol. The molecule has 1 atom stereocenters. The number of hydrogen-bond acceptors (Lipinski definition) is 3. The molecule has 0 spiro atoms. The number of aromatic nitrogens is 1. The number of aromatic amines is 1. The van der Waals surface area contributed by atoms with Crippen molar-refractivity contribution in [2.75, 3.05) is 11.9 Å². The van der Waals surface area contributed by atoms with Gasteiger partial charge in [0.25, 0.3) is 0 Å². The number of aliphatic carboxylic acids is 1. The number of fused-ring (bicyclic) bond motifs is 1. The largest absolute Gasteiger partial charge is 0.480 e. The average Bonchev–Trinajstić information content (AvgIpc) is 3.13. The molecule has 8 heteroatoms. The van der Waals surface area contributed by atoms with E-state index < -0.39 is 17.9 Å². The van der Waals surface area contributed by atoms with Crippen LogP contribution in [-0.2, 0) is 20.8 Å². The zero-order valence-electron chi connectivity index (χ0n) is 16.4. The Labute approximate surface area is 178 Å². The van der Waals surface area contributed by atoms with E-state index in [1.807, 2.05) is 30.3 Å². The SMILES string of the molecule is CN(C(=O)CCC(=O)N[C@H](Cc1cc2cc(Cl)ccc2[nH]1)C(=O)O)c1ccccc1. The number of halogens is 1. The van der Waals surface area contributed by atoms with E-state index in [1.54, 1.807) is 31.3 Å². The second-order valence-electron chi connectivity index (χ2n) is 6.98. The zero-order chi connectivity index (χ0) is 21.7. The van der Waals surface area contributed by atoms with E-state index in [0.717, 1.165) is 16.6 Å². The first-order valence-electron chi connectivity index (χ1n) is 9.44. The van der Waals surface area contributed by atoms with Crippen molar-refractivity contribution in [1.29, 1.82) is 0 Å². The summed E-state index contributed by atoms with van der Waals surface area (Å²) in [6.45, 7) is 0. The second-order valence-corrected chi connectivity index (χ2v) is 7.41. The van der Waals surface area contributed by atoms with Gasteiger partial charge >= 0.3 is 5.97 Å². The van der Waals surface area contributed by atoms with Crippen LogP contribution in [0.25, 0.3) is 10.9 Å². The molecule has 2 amide bonds. The first-order chi connectivity index (χ1) is 14.3. The third-order valence-electron chi connectivity index (χ3n) is 4.78. The van der Waals surface area contributed by atoms with Crippen LogP contribution in [0.3, 0.4) is 0 Å². The lowest BCUT2D eigenvalue weighted by Crippen LogP contribution is -2.42. The van der Waals surface area contributed by atoms with Crippen LogP contribution in [0.1, 0.15) is 18.5 Å². The van der Waals surface area contributed by atoms with Gasteiger partial charge in [0.05, 0.1) is 0 Å². The number of H-pyrrole nitrogens is 1. The van der Waals surface area contributed by atoms with Gasteiger partial charge in [0.2, 0.25) is 11.8 Å². The number of nitrogens with one attached hydrogen (secondary N) is 2. The van der Waals surface area contributed by atoms with Gasteiger partial charge in [-0.15, -0.1) is 0 Å². The van der Waals surface area contributed by atoms with Crippen LogP contribution in [0.5, 0.6) is 0 Å². The molecule has 0 unspecified atom stereocenters. The predicted octanol–water partition coefficient (Wildman–Crippen LogP) is 3.38. The Bertz CT molecular complexity index is 1060. The zero-order valence-corrected chi connectivity index (χ0v) is 17.1. The summed E-state index contributed by atoms with van der Waals surface area (Å²) in [5.74, 6) is -1.86. The average molecular weight is 428 g/mol. The highest BCUT2D eigenvalue weighted by Gasteiger charge is 2.22. The topological polar surface area (TPSA) is 103 Å².